The second-order valence-electron chi connectivity index (χ2n) is 8.70. The summed E-state index contributed by atoms with van der Waals surface area (Å²) in [4.78, 5) is 63.3. The fourth-order valence-electron chi connectivity index (χ4n) is 4.15. The van der Waals surface area contributed by atoms with Crippen molar-refractivity contribution in [3.8, 4) is 0 Å². The topological polar surface area (TPSA) is 171 Å². The van der Waals surface area contributed by atoms with Crippen LogP contribution in [0.1, 0.15) is 38.8 Å². The Bertz CT molecular complexity index is 987. The van der Waals surface area contributed by atoms with E-state index in [9.17, 15) is 29.1 Å². The van der Waals surface area contributed by atoms with E-state index in [0.717, 1.165) is 0 Å². The Kier molecular flexibility index (Phi) is 7.51. The largest absolute Gasteiger partial charge is 0.480 e. The van der Waals surface area contributed by atoms with Crippen LogP contribution in [0.25, 0.3) is 0 Å². The minimum absolute atomic E-state index is 0.328. The number of nitrogens with two attached hydrogens (primary N) is 1. The standard InChI is InChI=1S/C22H29N5O6S/c1-4-24-17(29)12(23)10-13(28)25-14(11-8-6-5-7-9-11)18(30)26-15-19(31)27-16(21(32)33)22(2,3)34-20(15)27/h5-9,12,14-16,20H,4,10,23H2,1-3H3,(H,24,29)(H,25,28)(H,26,30)(H,32,33)/t12?,14?,15-,16+,20-/m1/s1. The molecule has 1 aromatic carbocycles. The lowest BCUT2D eigenvalue weighted by Crippen LogP contribution is -2.71. The number of aliphatic carboxylic acids is 1. The fourth-order valence-corrected chi connectivity index (χ4v) is 5.77. The molecule has 184 valence electrons. The number of carboxylic acid groups (broad SMARTS) is 1. The highest BCUT2D eigenvalue weighted by Crippen LogP contribution is 2.50. The van der Waals surface area contributed by atoms with Gasteiger partial charge >= 0.3 is 5.97 Å². The molecule has 1 aromatic rings. The second kappa shape index (κ2) is 10.0. The zero-order valence-electron chi connectivity index (χ0n) is 19.1. The Hall–Kier alpha value is -3.12. The van der Waals surface area contributed by atoms with E-state index in [-0.39, 0.29) is 6.42 Å². The smallest absolute Gasteiger partial charge is 0.327 e. The Morgan fingerprint density at radius 3 is 2.41 bits per heavy atom. The molecule has 2 saturated heterocycles. The van der Waals surface area contributed by atoms with Crippen LogP contribution in [-0.4, -0.2) is 74.4 Å². The normalized spacial score (nSPS) is 24.3. The summed E-state index contributed by atoms with van der Waals surface area (Å²) in [5, 5.41) is 16.8. The van der Waals surface area contributed by atoms with Crippen LogP contribution in [0.3, 0.4) is 0 Å². The Morgan fingerprint density at radius 1 is 1.18 bits per heavy atom. The number of hydrogen-bond acceptors (Lipinski definition) is 7. The van der Waals surface area contributed by atoms with Gasteiger partial charge in [0.15, 0.2) is 0 Å². The number of carboxylic acids is 1. The molecule has 4 amide bonds. The summed E-state index contributed by atoms with van der Waals surface area (Å²) in [6, 6.07) is 4.33. The molecule has 3 rings (SSSR count). The minimum Gasteiger partial charge on any atom is -0.480 e. The number of benzene rings is 1. The highest BCUT2D eigenvalue weighted by molar-refractivity contribution is 8.01. The monoisotopic (exact) mass is 491 g/mol. The van der Waals surface area contributed by atoms with Crippen LogP contribution < -0.4 is 21.7 Å². The van der Waals surface area contributed by atoms with Crippen molar-refractivity contribution < 1.29 is 29.1 Å². The molecule has 34 heavy (non-hydrogen) atoms. The quantitative estimate of drug-likeness (QED) is 0.283. The number of nitrogens with one attached hydrogen (secondary N) is 3. The number of carbonyl (C=O) groups excluding carboxylic acids is 4. The summed E-state index contributed by atoms with van der Waals surface area (Å²) in [6.45, 7) is 5.58. The molecule has 12 heteroatoms. The van der Waals surface area contributed by atoms with E-state index in [4.69, 9.17) is 5.73 Å². The first kappa shape index (κ1) is 25.5. The average molecular weight is 492 g/mol. The van der Waals surface area contributed by atoms with Crippen molar-refractivity contribution in [1.82, 2.24) is 20.9 Å². The predicted octanol–water partition coefficient (Wildman–Crippen LogP) is -0.671. The van der Waals surface area contributed by atoms with Gasteiger partial charge in [0.25, 0.3) is 0 Å². The van der Waals surface area contributed by atoms with E-state index in [0.29, 0.717) is 12.1 Å². The third-order valence-corrected chi connectivity index (χ3v) is 7.34. The van der Waals surface area contributed by atoms with Crippen molar-refractivity contribution in [2.24, 2.45) is 5.73 Å². The maximum Gasteiger partial charge on any atom is 0.327 e. The van der Waals surface area contributed by atoms with Crippen LogP contribution in [0, 0.1) is 0 Å². The number of amides is 4. The summed E-state index contributed by atoms with van der Waals surface area (Å²) in [7, 11) is 0. The first-order valence-corrected chi connectivity index (χ1v) is 11.8. The van der Waals surface area contributed by atoms with E-state index in [1.807, 2.05) is 0 Å². The Labute approximate surface area is 201 Å². The van der Waals surface area contributed by atoms with Gasteiger partial charge in [-0.1, -0.05) is 30.3 Å². The molecule has 6 N–H and O–H groups in total. The van der Waals surface area contributed by atoms with Gasteiger partial charge in [-0.15, -0.1) is 11.8 Å². The lowest BCUT2D eigenvalue weighted by atomic mass is 9.95. The highest BCUT2D eigenvalue weighted by Gasteiger charge is 2.64. The van der Waals surface area contributed by atoms with Crippen LogP contribution in [0.15, 0.2) is 30.3 Å². The highest BCUT2D eigenvalue weighted by atomic mass is 32.2. The fraction of sp³-hybridized carbons (Fsp3) is 0.500. The molecule has 0 spiro atoms. The van der Waals surface area contributed by atoms with Gasteiger partial charge in [-0.05, 0) is 26.3 Å². The molecule has 0 aromatic heterocycles. The Morgan fingerprint density at radius 2 is 1.82 bits per heavy atom. The lowest BCUT2D eigenvalue weighted by molar-refractivity contribution is -0.161. The first-order valence-electron chi connectivity index (χ1n) is 10.9. The van der Waals surface area contributed by atoms with Crippen molar-refractivity contribution >= 4 is 41.4 Å². The van der Waals surface area contributed by atoms with Crippen LogP contribution >= 0.6 is 11.8 Å². The zero-order valence-corrected chi connectivity index (χ0v) is 19.9. The summed E-state index contributed by atoms with van der Waals surface area (Å²) in [5.74, 6) is -3.29. The molecule has 2 unspecified atom stereocenters. The van der Waals surface area contributed by atoms with E-state index in [2.05, 4.69) is 16.0 Å². The molecule has 2 aliphatic rings. The van der Waals surface area contributed by atoms with Gasteiger partial charge in [-0.25, -0.2) is 4.79 Å². The van der Waals surface area contributed by atoms with Crippen LogP contribution in [0.2, 0.25) is 0 Å². The number of rotatable bonds is 9. The molecule has 2 heterocycles. The molecular formula is C22H29N5O6S. The summed E-state index contributed by atoms with van der Waals surface area (Å²) in [6.07, 6.45) is -0.328. The van der Waals surface area contributed by atoms with Gasteiger partial charge in [0.05, 0.1) is 12.5 Å². The van der Waals surface area contributed by atoms with Crippen molar-refractivity contribution in [1.29, 1.82) is 0 Å². The Balaban J connectivity index is 1.72. The molecule has 2 aliphatic heterocycles. The maximum absolute atomic E-state index is 13.2. The molecule has 0 saturated carbocycles. The van der Waals surface area contributed by atoms with Gasteiger partial charge in [0.1, 0.15) is 23.5 Å². The van der Waals surface area contributed by atoms with E-state index < -0.39 is 63.9 Å². The molecule has 0 radical (unpaired) electrons. The van der Waals surface area contributed by atoms with Gasteiger partial charge in [-0.3, -0.25) is 19.2 Å². The lowest BCUT2D eigenvalue weighted by Gasteiger charge is -2.44. The zero-order chi connectivity index (χ0) is 25.2. The number of thioether (sulfide) groups is 1. The minimum atomic E-state index is -1.13. The number of carbonyl (C=O) groups is 5. The van der Waals surface area contributed by atoms with Crippen LogP contribution in [0.4, 0.5) is 0 Å². The number of nitrogens with zero attached hydrogens (tertiary/aromatic N) is 1. The average Bonchev–Trinajstić information content (AvgIpc) is 3.04. The summed E-state index contributed by atoms with van der Waals surface area (Å²) in [5.41, 5.74) is 6.25. The summed E-state index contributed by atoms with van der Waals surface area (Å²) >= 11 is 1.31. The molecule has 0 aliphatic carbocycles. The molecule has 11 nitrogen and oxygen atoms in total. The van der Waals surface area contributed by atoms with Crippen LogP contribution in [0.5, 0.6) is 0 Å². The molecular weight excluding hydrogens is 462 g/mol. The maximum atomic E-state index is 13.2. The molecule has 0 bridgehead atoms. The van der Waals surface area contributed by atoms with Gasteiger partial charge in [0, 0.05) is 11.3 Å². The SMILES string of the molecule is CCNC(=O)C(N)CC(=O)NC(C(=O)N[C@@H]1C(=O)N2[C@@H]1SC(C)(C)[C@@H]2C(=O)O)c1ccccc1. The van der Waals surface area contributed by atoms with E-state index in [1.54, 1.807) is 51.1 Å². The van der Waals surface area contributed by atoms with Crippen molar-refractivity contribution in [2.75, 3.05) is 6.54 Å². The van der Waals surface area contributed by atoms with Gasteiger partial charge in [-0.2, -0.15) is 0 Å². The number of likely N-dealkylation sites (N-methyl/N-ethyl adjacent to an activating group) is 1. The van der Waals surface area contributed by atoms with Crippen molar-refractivity contribution in [2.45, 2.75) is 61.5 Å². The summed E-state index contributed by atoms with van der Waals surface area (Å²) < 4.78 is -0.728. The molecule has 2 fully saturated rings. The second-order valence-corrected chi connectivity index (χ2v) is 10.5. The van der Waals surface area contributed by atoms with Gasteiger partial charge < -0.3 is 31.7 Å². The first-order chi connectivity index (χ1) is 16.0. The number of hydrogen-bond donors (Lipinski definition) is 5. The van der Waals surface area contributed by atoms with Crippen molar-refractivity contribution in [3.05, 3.63) is 35.9 Å². The van der Waals surface area contributed by atoms with E-state index >= 15 is 0 Å². The third kappa shape index (κ3) is 5.02. The third-order valence-electron chi connectivity index (χ3n) is 5.77. The number of β-lactam (4-membered cyclic amide) rings is 1. The number of fused-ring (bicyclic) bond motifs is 1. The molecule has 5 atom stereocenters. The van der Waals surface area contributed by atoms with E-state index in [1.165, 1.54) is 16.7 Å². The van der Waals surface area contributed by atoms with Crippen LogP contribution in [-0.2, 0) is 24.0 Å². The van der Waals surface area contributed by atoms with Gasteiger partial charge in [0.2, 0.25) is 23.6 Å². The van der Waals surface area contributed by atoms with Crippen molar-refractivity contribution in [3.63, 3.8) is 0 Å². The predicted molar refractivity (Wildman–Crippen MR) is 124 cm³/mol.